The van der Waals surface area contributed by atoms with Crippen molar-refractivity contribution in [2.24, 2.45) is 0 Å². The fourth-order valence-electron chi connectivity index (χ4n) is 4.57. The quantitative estimate of drug-likeness (QED) is 0.311. The lowest BCUT2D eigenvalue weighted by Crippen LogP contribution is -2.46. The van der Waals surface area contributed by atoms with Crippen LogP contribution in [0.4, 0.5) is 0 Å². The van der Waals surface area contributed by atoms with Gasteiger partial charge in [0.2, 0.25) is 5.91 Å². The molecule has 0 bridgehead atoms. The molecule has 1 aliphatic rings. The van der Waals surface area contributed by atoms with E-state index in [9.17, 15) is 9.59 Å². The van der Waals surface area contributed by atoms with Gasteiger partial charge >= 0.3 is 0 Å². The predicted octanol–water partition coefficient (Wildman–Crippen LogP) is 7.15. The highest BCUT2D eigenvalue weighted by Crippen LogP contribution is 2.38. The molecule has 0 aliphatic carbocycles. The molecule has 2 amide bonds. The third kappa shape index (κ3) is 5.54. The monoisotopic (exact) mass is 540 g/mol. The van der Waals surface area contributed by atoms with E-state index in [-0.39, 0.29) is 41.4 Å². The van der Waals surface area contributed by atoms with Crippen LogP contribution in [-0.4, -0.2) is 41.2 Å². The molecule has 0 N–H and O–H groups in total. The van der Waals surface area contributed by atoms with Gasteiger partial charge in [-0.05, 0) is 58.2 Å². The molecule has 4 nitrogen and oxygen atoms in total. The smallest absolute Gasteiger partial charge is 0.256 e. The molecule has 1 atom stereocenters. The van der Waals surface area contributed by atoms with Crippen molar-refractivity contribution in [3.05, 3.63) is 104 Å². The largest absolute Gasteiger partial charge is 0.330 e. The van der Waals surface area contributed by atoms with Gasteiger partial charge in [-0.15, -0.1) is 17.9 Å². The summed E-state index contributed by atoms with van der Waals surface area (Å²) in [5.41, 5.74) is 3.82. The van der Waals surface area contributed by atoms with Gasteiger partial charge in [-0.2, -0.15) is 0 Å². The van der Waals surface area contributed by atoms with E-state index in [0.717, 1.165) is 17.5 Å². The third-order valence-electron chi connectivity index (χ3n) is 6.50. The van der Waals surface area contributed by atoms with E-state index >= 15 is 0 Å². The first-order chi connectivity index (χ1) is 17.1. The van der Waals surface area contributed by atoms with E-state index in [1.54, 1.807) is 29.5 Å². The van der Waals surface area contributed by atoms with Crippen molar-refractivity contribution in [3.63, 3.8) is 0 Å². The maximum Gasteiger partial charge on any atom is 0.256 e. The average Bonchev–Trinajstić information content (AvgIpc) is 3.31. The average molecular weight is 542 g/mol. The highest BCUT2D eigenvalue weighted by molar-refractivity contribution is 7.10. The van der Waals surface area contributed by atoms with E-state index in [0.29, 0.717) is 17.1 Å². The van der Waals surface area contributed by atoms with Crippen molar-refractivity contribution in [2.45, 2.75) is 38.6 Å². The second kappa shape index (κ2) is 10.8. The van der Waals surface area contributed by atoms with Crippen molar-refractivity contribution in [3.8, 4) is 0 Å². The van der Waals surface area contributed by atoms with Crippen LogP contribution in [0.2, 0.25) is 10.0 Å². The minimum absolute atomic E-state index is 0.0443. The predicted molar refractivity (Wildman–Crippen MR) is 149 cm³/mol. The lowest BCUT2D eigenvalue weighted by molar-refractivity contribution is -0.133. The third-order valence-corrected chi connectivity index (χ3v) is 8.05. The van der Waals surface area contributed by atoms with Crippen LogP contribution in [0.15, 0.2) is 66.6 Å². The highest BCUT2D eigenvalue weighted by Gasteiger charge is 2.34. The van der Waals surface area contributed by atoms with Crippen molar-refractivity contribution < 1.29 is 9.59 Å². The molecule has 1 aliphatic heterocycles. The number of carbonyl (C=O) groups is 2. The number of nitrogens with zero attached hydrogens (tertiary/aromatic N) is 2. The van der Waals surface area contributed by atoms with Gasteiger partial charge in [0, 0.05) is 23.0 Å². The van der Waals surface area contributed by atoms with Gasteiger partial charge in [-0.3, -0.25) is 9.59 Å². The summed E-state index contributed by atoms with van der Waals surface area (Å²) >= 11 is 14.0. The summed E-state index contributed by atoms with van der Waals surface area (Å²) in [7, 11) is 0. The molecule has 0 radical (unpaired) electrons. The molecule has 1 unspecified atom stereocenters. The SMILES string of the molecule is C=CCN(CC(=O)N1CCc2sccc2C1c1ccc(C(C)(C)C)cc1)C(=O)c1ccc(Cl)cc1Cl. The van der Waals surface area contributed by atoms with Gasteiger partial charge in [-0.25, -0.2) is 0 Å². The Morgan fingerprint density at radius 2 is 1.86 bits per heavy atom. The zero-order chi connectivity index (χ0) is 26.0. The molecular formula is C29H30Cl2N2O2S. The molecule has 1 aromatic heterocycles. The Kier molecular flexibility index (Phi) is 7.93. The van der Waals surface area contributed by atoms with Crippen LogP contribution in [0.3, 0.4) is 0 Å². The Morgan fingerprint density at radius 1 is 1.14 bits per heavy atom. The molecule has 4 rings (SSSR count). The summed E-state index contributed by atoms with van der Waals surface area (Å²) in [6.45, 7) is 11.1. The van der Waals surface area contributed by atoms with Crippen LogP contribution in [0, 0.1) is 0 Å². The molecule has 2 aromatic carbocycles. The van der Waals surface area contributed by atoms with Gasteiger partial charge in [-0.1, -0.05) is 74.3 Å². The normalized spacial score (nSPS) is 15.4. The Hall–Kier alpha value is -2.60. The number of carbonyl (C=O) groups excluding carboxylic acids is 2. The van der Waals surface area contributed by atoms with E-state index in [1.165, 1.54) is 21.4 Å². The standard InChI is InChI=1S/C29H30Cl2N2O2S/c1-5-14-32(28(35)22-11-10-21(30)17-24(22)31)18-26(34)33-15-12-25-23(13-16-36-25)27(33)19-6-8-20(9-7-19)29(2,3)4/h5-11,13,16-17,27H,1,12,14-15,18H2,2-4H3. The first-order valence-corrected chi connectivity index (χ1v) is 13.5. The van der Waals surface area contributed by atoms with Crippen molar-refractivity contribution in [1.29, 1.82) is 0 Å². The zero-order valence-corrected chi connectivity index (χ0v) is 23.1. The van der Waals surface area contributed by atoms with Gasteiger partial charge in [0.15, 0.2) is 0 Å². The Balaban J connectivity index is 1.63. The van der Waals surface area contributed by atoms with Gasteiger partial charge in [0.25, 0.3) is 5.91 Å². The van der Waals surface area contributed by atoms with Crippen LogP contribution >= 0.6 is 34.5 Å². The maximum absolute atomic E-state index is 13.7. The number of hydrogen-bond acceptors (Lipinski definition) is 3. The Labute approximate surface area is 227 Å². The molecule has 36 heavy (non-hydrogen) atoms. The fraction of sp³-hybridized carbons (Fsp3) is 0.310. The Morgan fingerprint density at radius 3 is 2.50 bits per heavy atom. The van der Waals surface area contributed by atoms with E-state index in [1.807, 2.05) is 4.90 Å². The number of benzene rings is 2. The lowest BCUT2D eigenvalue weighted by atomic mass is 9.85. The second-order valence-electron chi connectivity index (χ2n) is 10.0. The van der Waals surface area contributed by atoms with Crippen LogP contribution < -0.4 is 0 Å². The molecule has 7 heteroatoms. The molecule has 3 aromatic rings. The van der Waals surface area contributed by atoms with Crippen molar-refractivity contribution in [1.82, 2.24) is 9.80 Å². The number of hydrogen-bond donors (Lipinski definition) is 0. The molecule has 2 heterocycles. The van der Waals surface area contributed by atoms with E-state index < -0.39 is 0 Å². The van der Waals surface area contributed by atoms with Crippen LogP contribution in [0.5, 0.6) is 0 Å². The number of rotatable bonds is 6. The van der Waals surface area contributed by atoms with Gasteiger partial charge in [0.1, 0.15) is 6.54 Å². The van der Waals surface area contributed by atoms with E-state index in [2.05, 4.69) is 63.1 Å². The summed E-state index contributed by atoms with van der Waals surface area (Å²) < 4.78 is 0. The molecular weight excluding hydrogens is 511 g/mol. The number of thiophene rings is 1. The minimum atomic E-state index is -0.329. The molecule has 0 saturated carbocycles. The molecule has 0 spiro atoms. The first kappa shape index (κ1) is 26.5. The van der Waals surface area contributed by atoms with Crippen LogP contribution in [-0.2, 0) is 16.6 Å². The number of halogens is 2. The van der Waals surface area contributed by atoms with Gasteiger partial charge in [0.05, 0.1) is 16.6 Å². The minimum Gasteiger partial charge on any atom is -0.330 e. The fourth-order valence-corrected chi connectivity index (χ4v) is 5.97. The second-order valence-corrected chi connectivity index (χ2v) is 11.9. The highest BCUT2D eigenvalue weighted by atomic mass is 35.5. The zero-order valence-electron chi connectivity index (χ0n) is 20.8. The maximum atomic E-state index is 13.7. The first-order valence-electron chi connectivity index (χ1n) is 11.9. The number of amides is 2. The Bertz CT molecular complexity index is 1280. The van der Waals surface area contributed by atoms with Gasteiger partial charge < -0.3 is 9.80 Å². The van der Waals surface area contributed by atoms with Crippen LogP contribution in [0.25, 0.3) is 0 Å². The summed E-state index contributed by atoms with van der Waals surface area (Å²) in [6, 6.07) is 15.2. The summed E-state index contributed by atoms with van der Waals surface area (Å²) in [5.74, 6) is -0.443. The van der Waals surface area contributed by atoms with Crippen molar-refractivity contribution >= 4 is 46.4 Å². The number of fused-ring (bicyclic) bond motifs is 1. The molecule has 188 valence electrons. The summed E-state index contributed by atoms with van der Waals surface area (Å²) in [6.07, 6.45) is 2.42. The van der Waals surface area contributed by atoms with E-state index in [4.69, 9.17) is 23.2 Å². The molecule has 0 saturated heterocycles. The van der Waals surface area contributed by atoms with Crippen LogP contribution in [0.1, 0.15) is 58.7 Å². The summed E-state index contributed by atoms with van der Waals surface area (Å²) in [4.78, 5) is 31.7. The lowest BCUT2D eigenvalue weighted by Gasteiger charge is -2.37. The van der Waals surface area contributed by atoms with Crippen molar-refractivity contribution in [2.75, 3.05) is 19.6 Å². The topological polar surface area (TPSA) is 40.6 Å². The summed E-state index contributed by atoms with van der Waals surface area (Å²) in [5, 5.41) is 2.79. The molecule has 0 fully saturated rings.